The lowest BCUT2D eigenvalue weighted by atomic mass is 10.5. The van der Waals surface area contributed by atoms with Crippen molar-refractivity contribution in [2.75, 3.05) is 33.4 Å². The zero-order chi connectivity index (χ0) is 6.41. The van der Waals surface area contributed by atoms with E-state index < -0.39 is 0 Å². The Bertz CT molecular complexity index is 48.2. The van der Waals surface area contributed by atoms with Crippen molar-refractivity contribution in [3.8, 4) is 0 Å². The summed E-state index contributed by atoms with van der Waals surface area (Å²) in [5, 5.41) is 16.7. The van der Waals surface area contributed by atoms with E-state index in [2.05, 4.69) is 0 Å². The summed E-state index contributed by atoms with van der Waals surface area (Å²) >= 11 is 0. The molecule has 0 aliphatic heterocycles. The first kappa shape index (κ1) is 12.3. The van der Waals surface area contributed by atoms with Crippen LogP contribution in [0.1, 0.15) is 0 Å². The number of aliphatic hydroxyl groups excluding tert-OH is 2. The molecule has 0 amide bonds. The zero-order valence-corrected chi connectivity index (χ0v) is 7.76. The molecule has 0 aliphatic carbocycles. The molecule has 0 fully saturated rings. The Hall–Kier alpha value is 0.610. The molecule has 0 atom stereocenters. The molecule has 0 aromatic carbocycles. The van der Waals surface area contributed by atoms with Crippen LogP contribution in [0.5, 0.6) is 0 Å². The van der Waals surface area contributed by atoms with Gasteiger partial charge in [0.25, 0.3) is 0 Å². The lowest BCUT2D eigenvalue weighted by Gasteiger charge is -2.08. The highest BCUT2D eigenvalue weighted by atomic mass is 127. The van der Waals surface area contributed by atoms with Gasteiger partial charge in [-0.15, -0.1) is 0 Å². The standard InChI is InChI=1S/C5H13NO2.HI/c1-6(2-4-7)3-5-8;/h7-8H,2-5H2,1H3;1H. The van der Waals surface area contributed by atoms with Crippen molar-refractivity contribution in [1.29, 1.82) is 0 Å². The van der Waals surface area contributed by atoms with Gasteiger partial charge in [0.15, 0.2) is 0 Å². The van der Waals surface area contributed by atoms with Crippen LogP contribution in [0.3, 0.4) is 0 Å². The normalized spacial score (nSPS) is 9.33. The average Bonchev–Trinajstić information content (AvgIpc) is 1.68. The van der Waals surface area contributed by atoms with E-state index in [0.29, 0.717) is 0 Å². The molecule has 0 aliphatic rings. The molecule has 4 heteroatoms. The lowest BCUT2D eigenvalue weighted by Crippen LogP contribution is -3.10. The van der Waals surface area contributed by atoms with Gasteiger partial charge in [0.05, 0.1) is 20.3 Å². The van der Waals surface area contributed by atoms with E-state index in [1.165, 1.54) is 0 Å². The second-order valence-corrected chi connectivity index (χ2v) is 1.90. The van der Waals surface area contributed by atoms with E-state index in [1.807, 2.05) is 7.05 Å². The van der Waals surface area contributed by atoms with Gasteiger partial charge < -0.3 is 39.1 Å². The monoisotopic (exact) mass is 247 g/mol. The molecule has 0 aromatic heterocycles. The number of likely N-dealkylation sites (N-methyl/N-ethyl adjacent to an activating group) is 1. The highest BCUT2D eigenvalue weighted by Gasteiger charge is 1.95. The Kier molecular flexibility index (Phi) is 11.8. The molecule has 3 nitrogen and oxygen atoms in total. The predicted octanol–water partition coefficient (Wildman–Crippen LogP) is -5.51. The predicted molar refractivity (Wildman–Crippen MR) is 30.8 cm³/mol. The van der Waals surface area contributed by atoms with Crippen LogP contribution in [0.2, 0.25) is 0 Å². The third kappa shape index (κ3) is 8.61. The molecule has 0 saturated heterocycles. The Morgan fingerprint density at radius 2 is 1.44 bits per heavy atom. The maximum atomic E-state index is 8.36. The molecule has 0 aromatic rings. The fraction of sp³-hybridized carbons (Fsp3) is 1.00. The highest BCUT2D eigenvalue weighted by Crippen LogP contribution is 1.45. The molecule has 9 heavy (non-hydrogen) atoms. The first-order valence-electron chi connectivity index (χ1n) is 2.84. The summed E-state index contributed by atoms with van der Waals surface area (Å²) < 4.78 is 0. The summed E-state index contributed by atoms with van der Waals surface area (Å²) in [7, 11) is 1.94. The fourth-order valence-electron chi connectivity index (χ4n) is 0.507. The maximum Gasteiger partial charge on any atom is 0.100 e. The quantitative estimate of drug-likeness (QED) is 0.434. The molecule has 58 valence electrons. The number of nitrogens with one attached hydrogen (secondary N) is 1. The molecule has 0 spiro atoms. The van der Waals surface area contributed by atoms with Gasteiger partial charge in [-0.3, -0.25) is 0 Å². The first-order valence-corrected chi connectivity index (χ1v) is 2.84. The first-order chi connectivity index (χ1) is 3.81. The van der Waals surface area contributed by atoms with Crippen LogP contribution in [-0.2, 0) is 0 Å². The summed E-state index contributed by atoms with van der Waals surface area (Å²) in [4.78, 5) is 1.16. The molecule has 0 heterocycles. The van der Waals surface area contributed by atoms with E-state index in [4.69, 9.17) is 10.2 Å². The topological polar surface area (TPSA) is 44.9 Å². The van der Waals surface area contributed by atoms with Crippen molar-refractivity contribution in [2.45, 2.75) is 0 Å². The van der Waals surface area contributed by atoms with Crippen LogP contribution in [0.25, 0.3) is 0 Å². The number of halogens is 1. The average molecular weight is 247 g/mol. The summed E-state index contributed by atoms with van der Waals surface area (Å²) in [5.41, 5.74) is 0. The van der Waals surface area contributed by atoms with Gasteiger partial charge >= 0.3 is 0 Å². The van der Waals surface area contributed by atoms with Gasteiger partial charge in [-0.2, -0.15) is 0 Å². The van der Waals surface area contributed by atoms with Crippen LogP contribution in [0.4, 0.5) is 0 Å². The van der Waals surface area contributed by atoms with E-state index in [0.717, 1.165) is 18.0 Å². The van der Waals surface area contributed by atoms with E-state index in [1.54, 1.807) is 0 Å². The number of hydrogen-bond acceptors (Lipinski definition) is 2. The van der Waals surface area contributed by atoms with Crippen LogP contribution >= 0.6 is 0 Å². The lowest BCUT2D eigenvalue weighted by molar-refractivity contribution is -0.880. The maximum absolute atomic E-state index is 8.36. The van der Waals surface area contributed by atoms with Gasteiger partial charge in [-0.05, 0) is 0 Å². The van der Waals surface area contributed by atoms with Crippen molar-refractivity contribution in [1.82, 2.24) is 0 Å². The zero-order valence-electron chi connectivity index (χ0n) is 5.60. The fourth-order valence-corrected chi connectivity index (χ4v) is 0.507. The molecule has 0 rings (SSSR count). The van der Waals surface area contributed by atoms with Crippen LogP contribution in [-0.4, -0.2) is 43.6 Å². The summed E-state index contributed by atoms with van der Waals surface area (Å²) in [6, 6.07) is 0. The summed E-state index contributed by atoms with van der Waals surface area (Å²) in [6.45, 7) is 1.85. The second-order valence-electron chi connectivity index (χ2n) is 1.90. The molecule has 0 radical (unpaired) electrons. The third-order valence-electron chi connectivity index (χ3n) is 1.08. The van der Waals surface area contributed by atoms with Gasteiger partial charge in [0.2, 0.25) is 0 Å². The van der Waals surface area contributed by atoms with Crippen LogP contribution in [0, 0.1) is 0 Å². The third-order valence-corrected chi connectivity index (χ3v) is 1.08. The molecular formula is C5H14INO2. The van der Waals surface area contributed by atoms with Crippen LogP contribution < -0.4 is 28.9 Å². The van der Waals surface area contributed by atoms with Crippen molar-refractivity contribution < 1.29 is 39.1 Å². The van der Waals surface area contributed by atoms with Crippen LogP contribution in [0.15, 0.2) is 0 Å². The Morgan fingerprint density at radius 3 is 1.67 bits per heavy atom. The van der Waals surface area contributed by atoms with Crippen molar-refractivity contribution >= 4 is 0 Å². The minimum atomic E-state index is 0. The van der Waals surface area contributed by atoms with Gasteiger partial charge in [0, 0.05) is 0 Å². The smallest absolute Gasteiger partial charge is 0.100 e. The largest absolute Gasteiger partial charge is 1.00 e. The number of hydrogen-bond donors (Lipinski definition) is 3. The van der Waals surface area contributed by atoms with Gasteiger partial charge in [-0.1, -0.05) is 0 Å². The molecule has 0 bridgehead atoms. The molecular weight excluding hydrogens is 233 g/mol. The Balaban J connectivity index is 0. The van der Waals surface area contributed by atoms with E-state index in [-0.39, 0.29) is 37.2 Å². The molecule has 0 unspecified atom stereocenters. The number of rotatable bonds is 4. The number of aliphatic hydroxyl groups is 2. The SMILES string of the molecule is C[NH+](CCO)CCO.[I-]. The van der Waals surface area contributed by atoms with Crippen molar-refractivity contribution in [3.63, 3.8) is 0 Å². The second kappa shape index (κ2) is 8.61. The van der Waals surface area contributed by atoms with Crippen molar-refractivity contribution in [3.05, 3.63) is 0 Å². The minimum Gasteiger partial charge on any atom is -1.00 e. The highest BCUT2D eigenvalue weighted by molar-refractivity contribution is 4.20. The van der Waals surface area contributed by atoms with Crippen molar-refractivity contribution in [2.24, 2.45) is 0 Å². The summed E-state index contributed by atoms with van der Waals surface area (Å²) in [5.74, 6) is 0. The van der Waals surface area contributed by atoms with E-state index in [9.17, 15) is 0 Å². The molecule has 0 saturated carbocycles. The Morgan fingerprint density at radius 1 is 1.11 bits per heavy atom. The van der Waals surface area contributed by atoms with Gasteiger partial charge in [0.1, 0.15) is 13.1 Å². The van der Waals surface area contributed by atoms with Gasteiger partial charge in [-0.25, -0.2) is 0 Å². The van der Waals surface area contributed by atoms with E-state index >= 15 is 0 Å². The number of quaternary nitrogens is 1. The Labute approximate surface area is 72.7 Å². The summed E-state index contributed by atoms with van der Waals surface area (Å²) in [6.07, 6.45) is 0. The minimum absolute atomic E-state index is 0. The molecule has 3 N–H and O–H groups in total.